The standard InChI is InChI=1S/C10H15N3O3/c1-7(2)4-13(5-9(14)15)10(16)8-3-11-6-12-8/h3,6-7H,4-5H2,1-2H3,(H,11,12)(H,14,15). The summed E-state index contributed by atoms with van der Waals surface area (Å²) in [6, 6.07) is 0. The molecule has 1 aromatic heterocycles. The first-order valence-electron chi connectivity index (χ1n) is 5.00. The van der Waals surface area contributed by atoms with E-state index in [1.54, 1.807) is 0 Å². The summed E-state index contributed by atoms with van der Waals surface area (Å²) in [6.07, 6.45) is 2.78. The van der Waals surface area contributed by atoms with Crippen molar-refractivity contribution < 1.29 is 14.7 Å². The molecule has 16 heavy (non-hydrogen) atoms. The molecule has 6 nitrogen and oxygen atoms in total. The molecule has 1 aromatic rings. The van der Waals surface area contributed by atoms with Crippen LogP contribution in [0.5, 0.6) is 0 Å². The molecule has 0 saturated heterocycles. The van der Waals surface area contributed by atoms with Crippen LogP contribution < -0.4 is 0 Å². The lowest BCUT2D eigenvalue weighted by Gasteiger charge is -2.21. The zero-order valence-electron chi connectivity index (χ0n) is 9.30. The second-order valence-corrected chi connectivity index (χ2v) is 3.94. The molecule has 88 valence electrons. The Morgan fingerprint density at radius 1 is 1.56 bits per heavy atom. The molecule has 0 aromatic carbocycles. The van der Waals surface area contributed by atoms with E-state index < -0.39 is 5.97 Å². The molecule has 1 heterocycles. The van der Waals surface area contributed by atoms with E-state index in [9.17, 15) is 9.59 Å². The summed E-state index contributed by atoms with van der Waals surface area (Å²) in [5.74, 6) is -1.15. The zero-order chi connectivity index (χ0) is 12.1. The smallest absolute Gasteiger partial charge is 0.323 e. The number of H-pyrrole nitrogens is 1. The predicted molar refractivity (Wildman–Crippen MR) is 57.0 cm³/mol. The molecule has 0 radical (unpaired) electrons. The van der Waals surface area contributed by atoms with Crippen LogP contribution in [0.2, 0.25) is 0 Å². The Labute approximate surface area is 93.3 Å². The SMILES string of the molecule is CC(C)CN(CC(=O)O)C(=O)c1cnc[nH]1. The highest BCUT2D eigenvalue weighted by atomic mass is 16.4. The lowest BCUT2D eigenvalue weighted by Crippen LogP contribution is -2.38. The van der Waals surface area contributed by atoms with Gasteiger partial charge in [0.05, 0.1) is 12.5 Å². The summed E-state index contributed by atoms with van der Waals surface area (Å²) < 4.78 is 0. The van der Waals surface area contributed by atoms with Gasteiger partial charge in [-0.2, -0.15) is 0 Å². The maximum absolute atomic E-state index is 11.9. The lowest BCUT2D eigenvalue weighted by atomic mass is 10.2. The Morgan fingerprint density at radius 2 is 2.25 bits per heavy atom. The number of imidazole rings is 1. The fraction of sp³-hybridized carbons (Fsp3) is 0.500. The first kappa shape index (κ1) is 12.2. The van der Waals surface area contributed by atoms with Crippen molar-refractivity contribution in [2.45, 2.75) is 13.8 Å². The molecule has 0 bridgehead atoms. The van der Waals surface area contributed by atoms with Gasteiger partial charge in [-0.05, 0) is 5.92 Å². The molecule has 0 saturated carbocycles. The Morgan fingerprint density at radius 3 is 2.69 bits per heavy atom. The van der Waals surface area contributed by atoms with E-state index >= 15 is 0 Å². The fourth-order valence-electron chi connectivity index (χ4n) is 1.37. The minimum Gasteiger partial charge on any atom is -0.480 e. The number of aromatic amines is 1. The van der Waals surface area contributed by atoms with E-state index in [1.807, 2.05) is 13.8 Å². The second kappa shape index (κ2) is 5.29. The monoisotopic (exact) mass is 225 g/mol. The van der Waals surface area contributed by atoms with Gasteiger partial charge in [-0.1, -0.05) is 13.8 Å². The highest BCUT2D eigenvalue weighted by Gasteiger charge is 2.20. The van der Waals surface area contributed by atoms with E-state index in [1.165, 1.54) is 17.4 Å². The fourth-order valence-corrected chi connectivity index (χ4v) is 1.37. The molecule has 6 heteroatoms. The first-order valence-corrected chi connectivity index (χ1v) is 5.00. The minimum absolute atomic E-state index is 0.214. The van der Waals surface area contributed by atoms with Crippen molar-refractivity contribution in [3.8, 4) is 0 Å². The van der Waals surface area contributed by atoms with Crippen LogP contribution in [-0.4, -0.2) is 44.9 Å². The third-order valence-electron chi connectivity index (χ3n) is 1.93. The largest absolute Gasteiger partial charge is 0.480 e. The van der Waals surface area contributed by atoms with Crippen LogP contribution in [-0.2, 0) is 4.79 Å². The molecule has 0 atom stereocenters. The van der Waals surface area contributed by atoms with Gasteiger partial charge in [-0.25, -0.2) is 4.98 Å². The maximum atomic E-state index is 11.9. The predicted octanol–water partition coefficient (Wildman–Crippen LogP) is 0.592. The van der Waals surface area contributed by atoms with Crippen molar-refractivity contribution in [2.24, 2.45) is 5.92 Å². The van der Waals surface area contributed by atoms with Gasteiger partial charge in [0.25, 0.3) is 5.91 Å². The van der Waals surface area contributed by atoms with Gasteiger partial charge in [-0.3, -0.25) is 9.59 Å². The number of amides is 1. The van der Waals surface area contributed by atoms with Crippen molar-refractivity contribution in [1.82, 2.24) is 14.9 Å². The van der Waals surface area contributed by atoms with Crippen molar-refractivity contribution in [1.29, 1.82) is 0 Å². The lowest BCUT2D eigenvalue weighted by molar-refractivity contribution is -0.137. The molecule has 1 rings (SSSR count). The molecule has 0 aliphatic rings. The van der Waals surface area contributed by atoms with Gasteiger partial charge in [0.15, 0.2) is 0 Å². The Bertz CT molecular complexity index is 359. The molecule has 0 fully saturated rings. The second-order valence-electron chi connectivity index (χ2n) is 3.94. The summed E-state index contributed by atoms with van der Waals surface area (Å²) in [7, 11) is 0. The van der Waals surface area contributed by atoms with Crippen LogP contribution >= 0.6 is 0 Å². The number of hydrogen-bond donors (Lipinski definition) is 2. The van der Waals surface area contributed by atoms with Crippen molar-refractivity contribution in [3.05, 3.63) is 18.2 Å². The summed E-state index contributed by atoms with van der Waals surface area (Å²) >= 11 is 0. The number of carboxylic acid groups (broad SMARTS) is 1. The van der Waals surface area contributed by atoms with E-state index in [2.05, 4.69) is 9.97 Å². The Hall–Kier alpha value is -1.85. The van der Waals surface area contributed by atoms with Gasteiger partial charge in [0.1, 0.15) is 12.2 Å². The van der Waals surface area contributed by atoms with Gasteiger partial charge in [-0.15, -0.1) is 0 Å². The number of rotatable bonds is 5. The van der Waals surface area contributed by atoms with E-state index in [4.69, 9.17) is 5.11 Å². The highest BCUT2D eigenvalue weighted by molar-refractivity contribution is 5.93. The van der Waals surface area contributed by atoms with Crippen LogP contribution in [0.4, 0.5) is 0 Å². The van der Waals surface area contributed by atoms with Crippen LogP contribution in [0.1, 0.15) is 24.3 Å². The van der Waals surface area contributed by atoms with Crippen LogP contribution in [0.25, 0.3) is 0 Å². The highest BCUT2D eigenvalue weighted by Crippen LogP contribution is 2.04. The summed E-state index contributed by atoms with van der Waals surface area (Å²) in [6.45, 7) is 3.96. The quantitative estimate of drug-likeness (QED) is 0.768. The minimum atomic E-state index is -1.02. The topological polar surface area (TPSA) is 86.3 Å². The van der Waals surface area contributed by atoms with E-state index in [-0.39, 0.29) is 18.4 Å². The van der Waals surface area contributed by atoms with Gasteiger partial charge >= 0.3 is 5.97 Å². The van der Waals surface area contributed by atoms with Crippen LogP contribution in [0.15, 0.2) is 12.5 Å². The van der Waals surface area contributed by atoms with Gasteiger partial charge in [0.2, 0.25) is 0 Å². The number of hydrogen-bond acceptors (Lipinski definition) is 3. The average Bonchev–Trinajstić information content (AvgIpc) is 2.66. The summed E-state index contributed by atoms with van der Waals surface area (Å²) in [5, 5.41) is 8.72. The van der Waals surface area contributed by atoms with E-state index in [0.717, 1.165) is 0 Å². The molecule has 0 spiro atoms. The number of carboxylic acids is 1. The number of aromatic nitrogens is 2. The number of nitrogens with zero attached hydrogens (tertiary/aromatic N) is 2. The van der Waals surface area contributed by atoms with Crippen molar-refractivity contribution >= 4 is 11.9 Å². The first-order chi connectivity index (χ1) is 7.50. The van der Waals surface area contributed by atoms with E-state index in [0.29, 0.717) is 12.2 Å². The number of aliphatic carboxylic acids is 1. The molecule has 1 amide bonds. The number of carbonyl (C=O) groups is 2. The summed E-state index contributed by atoms with van der Waals surface area (Å²) in [5.41, 5.74) is 0.307. The maximum Gasteiger partial charge on any atom is 0.323 e. The normalized spacial score (nSPS) is 10.4. The molecule has 2 N–H and O–H groups in total. The molecular formula is C10H15N3O3. The zero-order valence-corrected chi connectivity index (χ0v) is 9.30. The summed E-state index contributed by atoms with van der Waals surface area (Å²) in [4.78, 5) is 30.2. The van der Waals surface area contributed by atoms with Crippen LogP contribution in [0, 0.1) is 5.92 Å². The molecule has 0 aliphatic carbocycles. The third-order valence-corrected chi connectivity index (χ3v) is 1.93. The van der Waals surface area contributed by atoms with Crippen molar-refractivity contribution in [2.75, 3.05) is 13.1 Å². The molecular weight excluding hydrogens is 210 g/mol. The number of carbonyl (C=O) groups excluding carboxylic acids is 1. The molecule has 0 aliphatic heterocycles. The number of nitrogens with one attached hydrogen (secondary N) is 1. The Balaban J connectivity index is 2.75. The average molecular weight is 225 g/mol. The van der Waals surface area contributed by atoms with Crippen LogP contribution in [0.3, 0.4) is 0 Å². The third kappa shape index (κ3) is 3.38. The molecule has 0 unspecified atom stereocenters. The van der Waals surface area contributed by atoms with Gasteiger partial charge in [0, 0.05) is 6.54 Å². The van der Waals surface area contributed by atoms with Crippen molar-refractivity contribution in [3.63, 3.8) is 0 Å². The Kier molecular flexibility index (Phi) is 4.04. The van der Waals surface area contributed by atoms with Gasteiger partial charge < -0.3 is 15.0 Å².